The van der Waals surface area contributed by atoms with Gasteiger partial charge in [0.25, 0.3) is 0 Å². The molecule has 3 aromatic rings. The fourth-order valence-electron chi connectivity index (χ4n) is 2.53. The fraction of sp³-hybridized carbons (Fsp3) is 0.235. The van der Waals surface area contributed by atoms with Crippen LogP contribution in [-0.2, 0) is 6.80 Å². The van der Waals surface area contributed by atoms with E-state index in [1.54, 1.807) is 24.4 Å². The SMILES string of the molecule is FCn1cnc(-c2ccc(F)cc2)c1-c1ccnc(NC2CC2)n1. The number of nitrogens with zero attached hydrogens (tertiary/aromatic N) is 4. The van der Waals surface area contributed by atoms with E-state index in [0.29, 0.717) is 34.6 Å². The highest BCUT2D eigenvalue weighted by atomic mass is 19.1. The van der Waals surface area contributed by atoms with E-state index in [1.807, 2.05) is 0 Å². The van der Waals surface area contributed by atoms with Crippen molar-refractivity contribution in [2.45, 2.75) is 25.7 Å². The molecular formula is C17H15F2N5. The Labute approximate surface area is 137 Å². The van der Waals surface area contributed by atoms with Gasteiger partial charge in [-0.25, -0.2) is 23.7 Å². The van der Waals surface area contributed by atoms with E-state index >= 15 is 0 Å². The number of imidazole rings is 1. The number of halogens is 2. The summed E-state index contributed by atoms with van der Waals surface area (Å²) in [5.74, 6) is 0.190. The highest BCUT2D eigenvalue weighted by Crippen LogP contribution is 2.31. The quantitative estimate of drug-likeness (QED) is 0.777. The average molecular weight is 327 g/mol. The van der Waals surface area contributed by atoms with E-state index in [9.17, 15) is 8.78 Å². The number of hydrogen-bond acceptors (Lipinski definition) is 4. The molecule has 0 saturated heterocycles. The van der Waals surface area contributed by atoms with Gasteiger partial charge in [0.1, 0.15) is 5.82 Å². The second kappa shape index (κ2) is 5.99. The van der Waals surface area contributed by atoms with Crippen LogP contribution in [0.5, 0.6) is 0 Å². The second-order valence-corrected chi connectivity index (χ2v) is 5.72. The largest absolute Gasteiger partial charge is 0.351 e. The van der Waals surface area contributed by atoms with Crippen LogP contribution in [-0.4, -0.2) is 25.6 Å². The molecule has 1 saturated carbocycles. The molecule has 0 atom stereocenters. The van der Waals surface area contributed by atoms with E-state index in [0.717, 1.165) is 12.8 Å². The van der Waals surface area contributed by atoms with Crippen molar-refractivity contribution >= 4 is 5.95 Å². The molecule has 2 heterocycles. The van der Waals surface area contributed by atoms with Crippen LogP contribution in [0.15, 0.2) is 42.9 Å². The molecule has 1 N–H and O–H groups in total. The summed E-state index contributed by atoms with van der Waals surface area (Å²) < 4.78 is 27.9. The molecule has 1 aliphatic carbocycles. The molecule has 0 aliphatic heterocycles. The summed E-state index contributed by atoms with van der Waals surface area (Å²) in [6.45, 7) is -0.723. The number of aromatic nitrogens is 4. The fourth-order valence-corrected chi connectivity index (χ4v) is 2.53. The van der Waals surface area contributed by atoms with Crippen LogP contribution >= 0.6 is 0 Å². The number of anilines is 1. The van der Waals surface area contributed by atoms with E-state index in [1.165, 1.54) is 23.0 Å². The van der Waals surface area contributed by atoms with Gasteiger partial charge in [0.2, 0.25) is 5.95 Å². The molecule has 4 rings (SSSR count). The summed E-state index contributed by atoms with van der Waals surface area (Å²) in [6, 6.07) is 8.08. The number of alkyl halides is 1. The smallest absolute Gasteiger partial charge is 0.223 e. The molecular weight excluding hydrogens is 312 g/mol. The first-order valence-electron chi connectivity index (χ1n) is 7.71. The monoisotopic (exact) mass is 327 g/mol. The molecule has 0 spiro atoms. The Kier molecular flexibility index (Phi) is 3.68. The number of hydrogen-bond donors (Lipinski definition) is 1. The molecule has 0 amide bonds. The number of nitrogens with one attached hydrogen (secondary N) is 1. The highest BCUT2D eigenvalue weighted by Gasteiger charge is 2.23. The molecule has 1 aliphatic rings. The summed E-state index contributed by atoms with van der Waals surface area (Å²) in [6.07, 6.45) is 5.27. The van der Waals surface area contributed by atoms with Crippen molar-refractivity contribution in [1.29, 1.82) is 0 Å². The van der Waals surface area contributed by atoms with Crippen molar-refractivity contribution in [3.05, 3.63) is 48.7 Å². The summed E-state index contributed by atoms with van der Waals surface area (Å²) in [4.78, 5) is 13.0. The lowest BCUT2D eigenvalue weighted by Gasteiger charge is -2.09. The Hall–Kier alpha value is -2.83. The molecule has 0 bridgehead atoms. The maximum absolute atomic E-state index is 13.4. The van der Waals surface area contributed by atoms with Crippen LogP contribution in [0.1, 0.15) is 12.8 Å². The predicted molar refractivity (Wildman–Crippen MR) is 86.4 cm³/mol. The van der Waals surface area contributed by atoms with Crippen molar-refractivity contribution in [3.8, 4) is 22.6 Å². The van der Waals surface area contributed by atoms with Crippen LogP contribution < -0.4 is 5.32 Å². The molecule has 7 heteroatoms. The molecule has 0 unspecified atom stereocenters. The minimum absolute atomic E-state index is 0.330. The first-order chi connectivity index (χ1) is 11.7. The first-order valence-corrected chi connectivity index (χ1v) is 7.71. The lowest BCUT2D eigenvalue weighted by molar-refractivity contribution is 0.379. The third-order valence-electron chi connectivity index (χ3n) is 3.89. The Balaban J connectivity index is 1.78. The summed E-state index contributed by atoms with van der Waals surface area (Å²) in [5, 5.41) is 3.23. The zero-order chi connectivity index (χ0) is 16.5. The van der Waals surface area contributed by atoms with E-state index in [2.05, 4.69) is 20.3 Å². The summed E-state index contributed by atoms with van der Waals surface area (Å²) >= 11 is 0. The maximum atomic E-state index is 13.4. The van der Waals surface area contributed by atoms with Crippen molar-refractivity contribution in [1.82, 2.24) is 19.5 Å². The molecule has 5 nitrogen and oxygen atoms in total. The van der Waals surface area contributed by atoms with Gasteiger partial charge in [0.15, 0.2) is 6.80 Å². The van der Waals surface area contributed by atoms with Crippen molar-refractivity contribution < 1.29 is 8.78 Å². The van der Waals surface area contributed by atoms with Gasteiger partial charge >= 0.3 is 0 Å². The minimum Gasteiger partial charge on any atom is -0.351 e. The third kappa shape index (κ3) is 2.84. The average Bonchev–Trinajstić information content (AvgIpc) is 3.31. The third-order valence-corrected chi connectivity index (χ3v) is 3.89. The molecule has 24 heavy (non-hydrogen) atoms. The molecule has 0 radical (unpaired) electrons. The first kappa shape index (κ1) is 14.7. The lowest BCUT2D eigenvalue weighted by Crippen LogP contribution is -2.06. The Bertz CT molecular complexity index is 856. The number of rotatable bonds is 5. The van der Waals surface area contributed by atoms with E-state index < -0.39 is 6.80 Å². The van der Waals surface area contributed by atoms with Gasteiger partial charge in [-0.3, -0.25) is 4.57 Å². The zero-order valence-corrected chi connectivity index (χ0v) is 12.8. The standard InChI is InChI=1S/C17H15F2N5/c18-9-24-10-21-15(11-1-3-12(19)4-2-11)16(24)14-7-8-20-17(23-14)22-13-5-6-13/h1-4,7-8,10,13H,5-6,9H2,(H,20,22,23). The van der Waals surface area contributed by atoms with Gasteiger partial charge in [0.05, 0.1) is 23.4 Å². The van der Waals surface area contributed by atoms with Gasteiger partial charge in [-0.1, -0.05) is 0 Å². The van der Waals surface area contributed by atoms with Crippen LogP contribution in [0.3, 0.4) is 0 Å². The normalized spacial score (nSPS) is 13.9. The molecule has 1 fully saturated rings. The second-order valence-electron chi connectivity index (χ2n) is 5.72. The Morgan fingerprint density at radius 3 is 2.62 bits per heavy atom. The van der Waals surface area contributed by atoms with Gasteiger partial charge in [-0.2, -0.15) is 0 Å². The Morgan fingerprint density at radius 2 is 1.92 bits per heavy atom. The van der Waals surface area contributed by atoms with Gasteiger partial charge in [-0.15, -0.1) is 0 Å². The zero-order valence-electron chi connectivity index (χ0n) is 12.8. The Morgan fingerprint density at radius 1 is 1.12 bits per heavy atom. The molecule has 1 aromatic carbocycles. The molecule has 122 valence electrons. The summed E-state index contributed by atoms with van der Waals surface area (Å²) in [5.41, 5.74) is 2.38. The molecule has 2 aromatic heterocycles. The minimum atomic E-state index is -0.723. The lowest BCUT2D eigenvalue weighted by atomic mass is 10.1. The number of benzene rings is 1. The van der Waals surface area contributed by atoms with Crippen LogP contribution in [0.4, 0.5) is 14.7 Å². The van der Waals surface area contributed by atoms with Crippen molar-refractivity contribution in [2.24, 2.45) is 0 Å². The predicted octanol–water partition coefficient (Wildman–Crippen LogP) is 3.65. The van der Waals surface area contributed by atoms with Crippen LogP contribution in [0.2, 0.25) is 0 Å². The van der Waals surface area contributed by atoms with E-state index in [-0.39, 0.29) is 5.82 Å². The van der Waals surface area contributed by atoms with Crippen LogP contribution in [0, 0.1) is 5.82 Å². The van der Waals surface area contributed by atoms with Crippen molar-refractivity contribution in [3.63, 3.8) is 0 Å². The van der Waals surface area contributed by atoms with Gasteiger partial charge < -0.3 is 5.32 Å². The summed E-state index contributed by atoms with van der Waals surface area (Å²) in [7, 11) is 0. The topological polar surface area (TPSA) is 55.6 Å². The maximum Gasteiger partial charge on any atom is 0.223 e. The van der Waals surface area contributed by atoms with E-state index in [4.69, 9.17) is 0 Å². The van der Waals surface area contributed by atoms with Crippen LogP contribution in [0.25, 0.3) is 22.6 Å². The van der Waals surface area contributed by atoms with Crippen molar-refractivity contribution in [2.75, 3.05) is 5.32 Å². The van der Waals surface area contributed by atoms with Gasteiger partial charge in [-0.05, 0) is 43.2 Å². The highest BCUT2D eigenvalue weighted by molar-refractivity contribution is 5.77. The van der Waals surface area contributed by atoms with Gasteiger partial charge in [0, 0.05) is 17.8 Å².